The lowest BCUT2D eigenvalue weighted by molar-refractivity contribution is 0.433. The molecule has 1 aromatic rings. The van der Waals surface area contributed by atoms with Crippen molar-refractivity contribution in [2.24, 2.45) is 0 Å². The van der Waals surface area contributed by atoms with Crippen molar-refractivity contribution in [1.29, 1.82) is 0 Å². The highest BCUT2D eigenvalue weighted by molar-refractivity contribution is 5.46. The van der Waals surface area contributed by atoms with Crippen LogP contribution in [0.25, 0.3) is 0 Å². The molecule has 2 rings (SSSR count). The van der Waals surface area contributed by atoms with E-state index in [4.69, 9.17) is 0 Å². The third kappa shape index (κ3) is 1.78. The molecule has 0 aliphatic heterocycles. The Kier molecular flexibility index (Phi) is 2.83. The molecule has 1 unspecified atom stereocenters. The zero-order valence-corrected chi connectivity index (χ0v) is 11.1. The fourth-order valence-electron chi connectivity index (χ4n) is 2.87. The summed E-state index contributed by atoms with van der Waals surface area (Å²) in [7, 11) is 0. The van der Waals surface area contributed by atoms with Crippen molar-refractivity contribution in [3.8, 4) is 0 Å². The fourth-order valence-corrected chi connectivity index (χ4v) is 2.87. The molecule has 0 saturated carbocycles. The van der Waals surface area contributed by atoms with E-state index in [0.29, 0.717) is 11.5 Å². The van der Waals surface area contributed by atoms with Crippen LogP contribution in [0.15, 0.2) is 12.1 Å². The van der Waals surface area contributed by atoms with Gasteiger partial charge in [0.05, 0.1) is 0 Å². The number of hydrogen-bond donors (Lipinski definition) is 1. The van der Waals surface area contributed by atoms with Gasteiger partial charge in [-0.3, -0.25) is 0 Å². The van der Waals surface area contributed by atoms with Gasteiger partial charge in [-0.2, -0.15) is 0 Å². The summed E-state index contributed by atoms with van der Waals surface area (Å²) in [5, 5.41) is 3.60. The highest BCUT2D eigenvalue weighted by Gasteiger charge is 2.36. The Labute approximate surface area is 99.3 Å². The second kappa shape index (κ2) is 3.89. The number of nitrogens with one attached hydrogen (secondary N) is 1. The van der Waals surface area contributed by atoms with Gasteiger partial charge in [-0.1, -0.05) is 32.9 Å². The summed E-state index contributed by atoms with van der Waals surface area (Å²) in [6.45, 7) is 12.4. The van der Waals surface area contributed by atoms with E-state index < -0.39 is 0 Å². The van der Waals surface area contributed by atoms with Gasteiger partial charge in [-0.25, -0.2) is 0 Å². The van der Waals surface area contributed by atoms with Crippen LogP contribution in [0.5, 0.6) is 0 Å². The molecule has 1 aromatic carbocycles. The van der Waals surface area contributed by atoms with Gasteiger partial charge in [0.2, 0.25) is 0 Å². The summed E-state index contributed by atoms with van der Waals surface area (Å²) in [5.41, 5.74) is 6.22. The third-order valence-electron chi connectivity index (χ3n) is 3.94. The first-order valence-corrected chi connectivity index (χ1v) is 6.30. The number of fused-ring (bicyclic) bond motifs is 1. The first-order chi connectivity index (χ1) is 7.45. The normalized spacial score (nSPS) is 22.2. The van der Waals surface area contributed by atoms with Crippen molar-refractivity contribution in [3.63, 3.8) is 0 Å². The van der Waals surface area contributed by atoms with E-state index in [9.17, 15) is 0 Å². The maximum absolute atomic E-state index is 3.60. The second-order valence-corrected chi connectivity index (χ2v) is 5.72. The number of hydrogen-bond acceptors (Lipinski definition) is 1. The molecule has 1 nitrogen and oxygen atoms in total. The molecule has 0 amide bonds. The Hall–Kier alpha value is -0.820. The van der Waals surface area contributed by atoms with Crippen LogP contribution in [0, 0.1) is 13.8 Å². The molecule has 0 spiro atoms. The first-order valence-electron chi connectivity index (χ1n) is 6.30. The van der Waals surface area contributed by atoms with E-state index in [1.54, 1.807) is 5.56 Å². The van der Waals surface area contributed by atoms with Crippen molar-refractivity contribution < 1.29 is 0 Å². The summed E-state index contributed by atoms with van der Waals surface area (Å²) >= 11 is 0. The van der Waals surface area contributed by atoms with Gasteiger partial charge >= 0.3 is 0 Å². The zero-order valence-electron chi connectivity index (χ0n) is 11.1. The molecule has 16 heavy (non-hydrogen) atoms. The van der Waals surface area contributed by atoms with Crippen LogP contribution in [0.4, 0.5) is 0 Å². The molecule has 0 bridgehead atoms. The Morgan fingerprint density at radius 2 is 1.88 bits per heavy atom. The van der Waals surface area contributed by atoms with E-state index in [1.807, 2.05) is 0 Å². The second-order valence-electron chi connectivity index (χ2n) is 5.72. The quantitative estimate of drug-likeness (QED) is 0.797. The molecule has 1 aliphatic rings. The SMILES string of the molecule is CCNC1CC(C)(C)c2cc(C)c(C)cc21. The summed E-state index contributed by atoms with van der Waals surface area (Å²) in [6, 6.07) is 5.32. The minimum Gasteiger partial charge on any atom is -0.310 e. The maximum atomic E-state index is 3.60. The monoisotopic (exact) mass is 217 g/mol. The van der Waals surface area contributed by atoms with Crippen molar-refractivity contribution in [2.45, 2.75) is 52.5 Å². The van der Waals surface area contributed by atoms with Crippen molar-refractivity contribution in [3.05, 3.63) is 34.4 Å². The molecule has 1 atom stereocenters. The molecule has 0 radical (unpaired) electrons. The predicted octanol–water partition coefficient (Wildman–Crippen LogP) is 3.64. The van der Waals surface area contributed by atoms with Crippen molar-refractivity contribution in [2.75, 3.05) is 6.54 Å². The summed E-state index contributed by atoms with van der Waals surface area (Å²) < 4.78 is 0. The van der Waals surface area contributed by atoms with Gasteiger partial charge in [-0.15, -0.1) is 0 Å². The average Bonchev–Trinajstić information content (AvgIpc) is 2.41. The lowest BCUT2D eigenvalue weighted by Crippen LogP contribution is -2.20. The molecule has 0 fully saturated rings. The van der Waals surface area contributed by atoms with Gasteiger partial charge < -0.3 is 5.32 Å². The summed E-state index contributed by atoms with van der Waals surface area (Å²) in [6.07, 6.45) is 1.22. The van der Waals surface area contributed by atoms with Crippen LogP contribution in [0.1, 0.15) is 55.5 Å². The topological polar surface area (TPSA) is 12.0 Å². The van der Waals surface area contributed by atoms with Crippen LogP contribution in [-0.2, 0) is 5.41 Å². The lowest BCUT2D eigenvalue weighted by Gasteiger charge is -2.20. The third-order valence-corrected chi connectivity index (χ3v) is 3.94. The highest BCUT2D eigenvalue weighted by atomic mass is 14.9. The van der Waals surface area contributed by atoms with Crippen LogP contribution in [0.2, 0.25) is 0 Å². The molecule has 1 N–H and O–H groups in total. The summed E-state index contributed by atoms with van der Waals surface area (Å²) in [5.74, 6) is 0. The summed E-state index contributed by atoms with van der Waals surface area (Å²) in [4.78, 5) is 0. The van der Waals surface area contributed by atoms with Crippen LogP contribution < -0.4 is 5.32 Å². The Bertz CT molecular complexity index is 404. The molecular formula is C15H23N. The maximum Gasteiger partial charge on any atom is 0.0331 e. The first kappa shape index (κ1) is 11.7. The smallest absolute Gasteiger partial charge is 0.0331 e. The van der Waals surface area contributed by atoms with Crippen LogP contribution >= 0.6 is 0 Å². The zero-order chi connectivity index (χ0) is 11.9. The van der Waals surface area contributed by atoms with Gasteiger partial charge in [0.25, 0.3) is 0 Å². The van der Waals surface area contributed by atoms with E-state index in [-0.39, 0.29) is 0 Å². The fraction of sp³-hybridized carbons (Fsp3) is 0.600. The lowest BCUT2D eigenvalue weighted by atomic mass is 9.85. The number of aryl methyl sites for hydroxylation is 2. The van der Waals surface area contributed by atoms with Crippen molar-refractivity contribution >= 4 is 0 Å². The van der Waals surface area contributed by atoms with E-state index in [2.05, 4.69) is 52.1 Å². The Morgan fingerprint density at radius 1 is 1.25 bits per heavy atom. The van der Waals surface area contributed by atoms with Gasteiger partial charge in [0.1, 0.15) is 0 Å². The Balaban J connectivity index is 2.50. The minimum absolute atomic E-state index is 0.320. The average molecular weight is 217 g/mol. The van der Waals surface area contributed by atoms with Gasteiger partial charge in [0.15, 0.2) is 0 Å². The van der Waals surface area contributed by atoms with Crippen LogP contribution in [0.3, 0.4) is 0 Å². The van der Waals surface area contributed by atoms with Gasteiger partial charge in [-0.05, 0) is 54.5 Å². The standard InChI is InChI=1S/C15H23N/c1-6-16-14-9-15(4,5)13-8-11(3)10(2)7-12(13)14/h7-8,14,16H,6,9H2,1-5H3. The molecule has 88 valence electrons. The van der Waals surface area contributed by atoms with E-state index in [0.717, 1.165) is 6.54 Å². The molecule has 1 aliphatic carbocycles. The Morgan fingerprint density at radius 3 is 2.50 bits per heavy atom. The molecular weight excluding hydrogens is 194 g/mol. The molecule has 1 heteroatoms. The predicted molar refractivity (Wildman–Crippen MR) is 70.0 cm³/mol. The van der Waals surface area contributed by atoms with Gasteiger partial charge in [0, 0.05) is 6.04 Å². The van der Waals surface area contributed by atoms with E-state index in [1.165, 1.54) is 23.1 Å². The van der Waals surface area contributed by atoms with Crippen molar-refractivity contribution in [1.82, 2.24) is 5.32 Å². The highest BCUT2D eigenvalue weighted by Crippen LogP contribution is 2.45. The number of benzene rings is 1. The molecule has 0 saturated heterocycles. The largest absolute Gasteiger partial charge is 0.310 e. The van der Waals surface area contributed by atoms with E-state index >= 15 is 0 Å². The van der Waals surface area contributed by atoms with Crippen LogP contribution in [-0.4, -0.2) is 6.54 Å². The minimum atomic E-state index is 0.320. The molecule has 0 aromatic heterocycles. The number of rotatable bonds is 2. The molecule has 0 heterocycles.